The zero-order valence-electron chi connectivity index (χ0n) is 10.9. The van der Waals surface area contributed by atoms with Crippen molar-refractivity contribution in [3.63, 3.8) is 0 Å². The highest BCUT2D eigenvalue weighted by Crippen LogP contribution is 2.25. The first kappa shape index (κ1) is 14.4. The standard InChI is InChI=1S/C15H17Cl2NO/c1-11-4-3-9-18(10-11)15(19)8-7-12-13(16)5-2-6-14(12)17/h2,5-8,11H,3-4,9-10H2,1H3. The van der Waals surface area contributed by atoms with Crippen LogP contribution in [0.4, 0.5) is 0 Å². The van der Waals surface area contributed by atoms with Crippen molar-refractivity contribution in [2.45, 2.75) is 19.8 Å². The van der Waals surface area contributed by atoms with Crippen molar-refractivity contribution in [3.05, 3.63) is 39.9 Å². The second-order valence-electron chi connectivity index (χ2n) is 5.00. The molecule has 0 bridgehead atoms. The van der Waals surface area contributed by atoms with Gasteiger partial charge in [-0.1, -0.05) is 36.2 Å². The number of amides is 1. The van der Waals surface area contributed by atoms with Gasteiger partial charge in [-0.3, -0.25) is 4.79 Å². The average molecular weight is 298 g/mol. The third kappa shape index (κ3) is 3.74. The van der Waals surface area contributed by atoms with E-state index in [0.717, 1.165) is 19.5 Å². The predicted octanol–water partition coefficient (Wildman–Crippen LogP) is 4.27. The topological polar surface area (TPSA) is 20.3 Å². The largest absolute Gasteiger partial charge is 0.339 e. The van der Waals surface area contributed by atoms with Gasteiger partial charge in [0.05, 0.1) is 0 Å². The molecule has 1 aromatic carbocycles. The maximum absolute atomic E-state index is 12.1. The second kappa shape index (κ2) is 6.44. The summed E-state index contributed by atoms with van der Waals surface area (Å²) in [6, 6.07) is 5.32. The number of halogens is 2. The van der Waals surface area contributed by atoms with Gasteiger partial charge in [0.15, 0.2) is 0 Å². The Balaban J connectivity index is 2.08. The smallest absolute Gasteiger partial charge is 0.246 e. The molecule has 1 fully saturated rings. The zero-order valence-corrected chi connectivity index (χ0v) is 12.4. The van der Waals surface area contributed by atoms with Crippen molar-refractivity contribution >= 4 is 35.2 Å². The minimum atomic E-state index is 0.0301. The summed E-state index contributed by atoms with van der Waals surface area (Å²) in [4.78, 5) is 14.0. The Bertz CT molecular complexity index is 479. The van der Waals surface area contributed by atoms with Crippen LogP contribution in [0.2, 0.25) is 10.0 Å². The Morgan fingerprint density at radius 1 is 1.37 bits per heavy atom. The van der Waals surface area contributed by atoms with Gasteiger partial charge in [0.2, 0.25) is 5.91 Å². The van der Waals surface area contributed by atoms with Crippen molar-refractivity contribution < 1.29 is 4.79 Å². The molecular formula is C15H17Cl2NO. The maximum Gasteiger partial charge on any atom is 0.246 e. The number of rotatable bonds is 2. The van der Waals surface area contributed by atoms with Crippen LogP contribution in [0.15, 0.2) is 24.3 Å². The van der Waals surface area contributed by atoms with Gasteiger partial charge in [-0.2, -0.15) is 0 Å². The van der Waals surface area contributed by atoms with Crippen LogP contribution in [-0.2, 0) is 4.79 Å². The first-order chi connectivity index (χ1) is 9.08. The molecule has 0 saturated carbocycles. The summed E-state index contributed by atoms with van der Waals surface area (Å²) in [5, 5.41) is 1.12. The van der Waals surface area contributed by atoms with Crippen LogP contribution < -0.4 is 0 Å². The summed E-state index contributed by atoms with van der Waals surface area (Å²) in [7, 11) is 0. The average Bonchev–Trinajstić information content (AvgIpc) is 2.38. The fraction of sp³-hybridized carbons (Fsp3) is 0.400. The van der Waals surface area contributed by atoms with Crippen molar-refractivity contribution in [1.29, 1.82) is 0 Å². The van der Waals surface area contributed by atoms with E-state index in [0.29, 0.717) is 21.5 Å². The van der Waals surface area contributed by atoms with Gasteiger partial charge < -0.3 is 4.90 Å². The minimum Gasteiger partial charge on any atom is -0.339 e. The van der Waals surface area contributed by atoms with E-state index in [9.17, 15) is 4.79 Å². The highest BCUT2D eigenvalue weighted by Gasteiger charge is 2.19. The van der Waals surface area contributed by atoms with Gasteiger partial charge in [0.25, 0.3) is 0 Å². The van der Waals surface area contributed by atoms with Gasteiger partial charge in [-0.25, -0.2) is 0 Å². The van der Waals surface area contributed by atoms with Gasteiger partial charge in [0, 0.05) is 34.8 Å². The lowest BCUT2D eigenvalue weighted by atomic mass is 10.0. The van der Waals surface area contributed by atoms with E-state index in [2.05, 4.69) is 6.92 Å². The summed E-state index contributed by atoms with van der Waals surface area (Å²) >= 11 is 12.1. The van der Waals surface area contributed by atoms with Gasteiger partial charge in [0.1, 0.15) is 0 Å². The van der Waals surface area contributed by atoms with E-state index < -0.39 is 0 Å². The van der Waals surface area contributed by atoms with Crippen LogP contribution in [0.1, 0.15) is 25.3 Å². The zero-order chi connectivity index (χ0) is 13.8. The molecule has 0 aromatic heterocycles. The van der Waals surface area contributed by atoms with Gasteiger partial charge in [-0.15, -0.1) is 0 Å². The molecule has 0 spiro atoms. The molecule has 19 heavy (non-hydrogen) atoms. The molecule has 1 amide bonds. The molecule has 1 aliphatic heterocycles. The second-order valence-corrected chi connectivity index (χ2v) is 5.81. The first-order valence-electron chi connectivity index (χ1n) is 6.49. The van der Waals surface area contributed by atoms with Crippen LogP contribution in [0.3, 0.4) is 0 Å². The Morgan fingerprint density at radius 3 is 2.68 bits per heavy atom. The lowest BCUT2D eigenvalue weighted by Gasteiger charge is -2.30. The van der Waals surface area contributed by atoms with Crippen LogP contribution in [0.5, 0.6) is 0 Å². The van der Waals surface area contributed by atoms with Crippen molar-refractivity contribution in [2.24, 2.45) is 5.92 Å². The molecule has 102 valence electrons. The molecule has 4 heteroatoms. The molecule has 1 atom stereocenters. The number of carbonyl (C=O) groups is 1. The lowest BCUT2D eigenvalue weighted by molar-refractivity contribution is -0.127. The van der Waals surface area contributed by atoms with Gasteiger partial charge in [-0.05, 0) is 37.0 Å². The minimum absolute atomic E-state index is 0.0301. The summed E-state index contributed by atoms with van der Waals surface area (Å²) in [6.45, 7) is 3.84. The maximum atomic E-state index is 12.1. The Morgan fingerprint density at radius 2 is 2.05 bits per heavy atom. The fourth-order valence-corrected chi connectivity index (χ4v) is 2.84. The lowest BCUT2D eigenvalue weighted by Crippen LogP contribution is -2.38. The Hall–Kier alpha value is -0.990. The van der Waals surface area contributed by atoms with Crippen molar-refractivity contribution in [3.8, 4) is 0 Å². The van der Waals surface area contributed by atoms with E-state index in [4.69, 9.17) is 23.2 Å². The summed E-state index contributed by atoms with van der Waals surface area (Å²) in [6.07, 6.45) is 5.54. The quantitative estimate of drug-likeness (QED) is 0.747. The number of hydrogen-bond donors (Lipinski definition) is 0. The van der Waals surface area contributed by atoms with Gasteiger partial charge >= 0.3 is 0 Å². The normalized spacial score (nSPS) is 19.9. The fourth-order valence-electron chi connectivity index (χ4n) is 2.32. The van der Waals surface area contributed by atoms with E-state index >= 15 is 0 Å². The van der Waals surface area contributed by atoms with E-state index in [1.54, 1.807) is 30.4 Å². The predicted molar refractivity (Wildman–Crippen MR) is 80.5 cm³/mol. The monoisotopic (exact) mass is 297 g/mol. The molecule has 0 N–H and O–H groups in total. The third-order valence-electron chi connectivity index (χ3n) is 3.36. The molecule has 0 radical (unpaired) electrons. The molecule has 0 aliphatic carbocycles. The van der Waals surface area contributed by atoms with Crippen molar-refractivity contribution in [1.82, 2.24) is 4.90 Å². The molecule has 2 rings (SSSR count). The summed E-state index contributed by atoms with van der Waals surface area (Å²) in [5.74, 6) is 0.609. The number of carbonyl (C=O) groups excluding carboxylic acids is 1. The summed E-state index contributed by atoms with van der Waals surface area (Å²) < 4.78 is 0. The molecule has 1 heterocycles. The molecule has 1 aromatic rings. The number of nitrogens with zero attached hydrogens (tertiary/aromatic N) is 1. The number of piperidine rings is 1. The SMILES string of the molecule is CC1CCCN(C(=O)C=Cc2c(Cl)cccc2Cl)C1. The van der Waals surface area contributed by atoms with Crippen LogP contribution >= 0.6 is 23.2 Å². The number of likely N-dealkylation sites (tertiary alicyclic amines) is 1. The Labute approximate surface area is 124 Å². The van der Waals surface area contributed by atoms with E-state index in [1.807, 2.05) is 4.90 Å². The first-order valence-corrected chi connectivity index (χ1v) is 7.24. The highest BCUT2D eigenvalue weighted by atomic mass is 35.5. The van der Waals surface area contributed by atoms with Crippen LogP contribution in [-0.4, -0.2) is 23.9 Å². The highest BCUT2D eigenvalue weighted by molar-refractivity contribution is 6.37. The van der Waals surface area contributed by atoms with Crippen LogP contribution in [0, 0.1) is 5.92 Å². The van der Waals surface area contributed by atoms with E-state index in [1.165, 1.54) is 6.42 Å². The molecule has 1 unspecified atom stereocenters. The van der Waals surface area contributed by atoms with Crippen LogP contribution in [0.25, 0.3) is 6.08 Å². The molecular weight excluding hydrogens is 281 g/mol. The Kier molecular flexibility index (Phi) is 4.89. The number of benzene rings is 1. The molecule has 2 nitrogen and oxygen atoms in total. The number of hydrogen-bond acceptors (Lipinski definition) is 1. The third-order valence-corrected chi connectivity index (χ3v) is 4.02. The van der Waals surface area contributed by atoms with E-state index in [-0.39, 0.29) is 5.91 Å². The summed E-state index contributed by atoms with van der Waals surface area (Å²) in [5.41, 5.74) is 0.698. The molecule has 1 aliphatic rings. The van der Waals surface area contributed by atoms with Crippen molar-refractivity contribution in [2.75, 3.05) is 13.1 Å². The molecule has 1 saturated heterocycles.